The third-order valence-corrected chi connectivity index (χ3v) is 6.19. The summed E-state index contributed by atoms with van der Waals surface area (Å²) >= 11 is 0. The molecule has 1 atom stereocenters. The van der Waals surface area contributed by atoms with Crippen LogP contribution in [0.4, 0.5) is 0 Å². The molecule has 1 aromatic heterocycles. The normalized spacial score (nSPS) is 14.8. The second-order valence-corrected chi connectivity index (χ2v) is 8.29. The van der Waals surface area contributed by atoms with E-state index in [0.29, 0.717) is 12.2 Å². The fourth-order valence-corrected chi connectivity index (χ4v) is 4.74. The molecule has 0 amide bonds. The summed E-state index contributed by atoms with van der Waals surface area (Å²) in [6.07, 6.45) is 0.510. The summed E-state index contributed by atoms with van der Waals surface area (Å²) < 4.78 is 13.5. The SMILES string of the molecule is CCOC(=O)c1c(-c2cc(C)c(O)c(C)c2)c(C)n2c1-c1cc(C)ccc1CC2OC. The molecule has 1 unspecified atom stereocenters. The van der Waals surface area contributed by atoms with Crippen LogP contribution in [0.2, 0.25) is 0 Å². The number of methoxy groups -OCH3 is 1. The number of benzene rings is 2. The van der Waals surface area contributed by atoms with Crippen molar-refractivity contribution in [3.8, 4) is 28.1 Å². The van der Waals surface area contributed by atoms with Crippen LogP contribution in [0.15, 0.2) is 30.3 Å². The van der Waals surface area contributed by atoms with Gasteiger partial charge in [0.05, 0.1) is 17.9 Å². The number of nitrogens with zero attached hydrogens (tertiary/aromatic N) is 1. The largest absolute Gasteiger partial charge is 0.507 e. The van der Waals surface area contributed by atoms with Crippen LogP contribution in [0.5, 0.6) is 5.75 Å². The van der Waals surface area contributed by atoms with Crippen molar-refractivity contribution in [2.45, 2.75) is 47.3 Å². The van der Waals surface area contributed by atoms with Crippen LogP contribution in [0.25, 0.3) is 22.4 Å². The maximum atomic E-state index is 13.3. The van der Waals surface area contributed by atoms with Gasteiger partial charge < -0.3 is 19.1 Å². The third kappa shape index (κ3) is 3.33. The highest BCUT2D eigenvalue weighted by atomic mass is 16.5. The Hall–Kier alpha value is -3.05. The Kier molecular flexibility index (Phi) is 5.40. The van der Waals surface area contributed by atoms with Crippen molar-refractivity contribution < 1.29 is 19.4 Å². The van der Waals surface area contributed by atoms with Gasteiger partial charge in [0.15, 0.2) is 0 Å². The number of rotatable bonds is 4. The molecular weight excluding hydrogens is 390 g/mol. The monoisotopic (exact) mass is 419 g/mol. The predicted molar refractivity (Wildman–Crippen MR) is 122 cm³/mol. The zero-order chi connectivity index (χ0) is 22.4. The van der Waals surface area contributed by atoms with Crippen molar-refractivity contribution in [1.29, 1.82) is 0 Å². The average molecular weight is 420 g/mol. The molecule has 3 aromatic rings. The van der Waals surface area contributed by atoms with Crippen LogP contribution >= 0.6 is 0 Å². The Labute approximate surface area is 183 Å². The first-order valence-corrected chi connectivity index (χ1v) is 10.6. The number of carbonyl (C=O) groups excluding carboxylic acids is 1. The number of aryl methyl sites for hydroxylation is 3. The fourth-order valence-electron chi connectivity index (χ4n) is 4.74. The lowest BCUT2D eigenvalue weighted by atomic mass is 9.91. The van der Waals surface area contributed by atoms with Gasteiger partial charge in [-0.1, -0.05) is 17.7 Å². The number of hydrogen-bond donors (Lipinski definition) is 1. The van der Waals surface area contributed by atoms with E-state index in [9.17, 15) is 9.90 Å². The minimum Gasteiger partial charge on any atom is -0.507 e. The van der Waals surface area contributed by atoms with Gasteiger partial charge in [-0.2, -0.15) is 0 Å². The molecule has 1 aliphatic heterocycles. The van der Waals surface area contributed by atoms with Gasteiger partial charge in [-0.25, -0.2) is 4.79 Å². The summed E-state index contributed by atoms with van der Waals surface area (Å²) in [5.41, 5.74) is 8.92. The number of aromatic nitrogens is 1. The molecule has 0 bridgehead atoms. The third-order valence-electron chi connectivity index (χ3n) is 6.19. The lowest BCUT2D eigenvalue weighted by Crippen LogP contribution is -2.22. The zero-order valence-corrected chi connectivity index (χ0v) is 19.0. The first-order valence-electron chi connectivity index (χ1n) is 10.6. The van der Waals surface area contributed by atoms with Crippen LogP contribution in [-0.2, 0) is 15.9 Å². The topological polar surface area (TPSA) is 60.7 Å². The van der Waals surface area contributed by atoms with E-state index in [0.717, 1.165) is 56.8 Å². The summed E-state index contributed by atoms with van der Waals surface area (Å²) in [6, 6.07) is 10.2. The molecule has 1 N–H and O–H groups in total. The first kappa shape index (κ1) is 21.2. The molecule has 0 saturated carbocycles. The number of aromatic hydroxyl groups is 1. The van der Waals surface area contributed by atoms with E-state index >= 15 is 0 Å². The van der Waals surface area contributed by atoms with E-state index in [1.807, 2.05) is 39.8 Å². The molecule has 0 radical (unpaired) electrons. The molecule has 0 fully saturated rings. The molecule has 0 aliphatic carbocycles. The van der Waals surface area contributed by atoms with E-state index in [2.05, 4.69) is 29.7 Å². The van der Waals surface area contributed by atoms with Gasteiger partial charge in [0.2, 0.25) is 0 Å². The van der Waals surface area contributed by atoms with Crippen molar-refractivity contribution in [2.24, 2.45) is 0 Å². The van der Waals surface area contributed by atoms with Gasteiger partial charge in [-0.05, 0) is 75.1 Å². The maximum Gasteiger partial charge on any atom is 0.340 e. The van der Waals surface area contributed by atoms with Crippen molar-refractivity contribution in [2.75, 3.05) is 13.7 Å². The number of phenols is 1. The smallest absolute Gasteiger partial charge is 0.340 e. The van der Waals surface area contributed by atoms with E-state index < -0.39 is 0 Å². The minimum atomic E-state index is -0.345. The number of hydrogen-bond acceptors (Lipinski definition) is 4. The first-order chi connectivity index (χ1) is 14.8. The summed E-state index contributed by atoms with van der Waals surface area (Å²) in [5, 5.41) is 10.3. The standard InChI is InChI=1S/C26H29NO4/c1-7-31-26(29)23-22(19-11-15(3)25(28)16(4)12-19)17(5)27-21(30-6)13-18-9-8-14(2)10-20(18)24(23)27/h8-12,21,28H,7,13H2,1-6H3. The molecule has 0 saturated heterocycles. The summed E-state index contributed by atoms with van der Waals surface area (Å²) in [4.78, 5) is 13.3. The van der Waals surface area contributed by atoms with Crippen molar-refractivity contribution in [3.63, 3.8) is 0 Å². The van der Waals surface area contributed by atoms with Gasteiger partial charge >= 0.3 is 5.97 Å². The van der Waals surface area contributed by atoms with Crippen LogP contribution in [0.3, 0.4) is 0 Å². The highest BCUT2D eigenvalue weighted by molar-refractivity contribution is 6.05. The molecule has 0 spiro atoms. The van der Waals surface area contributed by atoms with Crippen LogP contribution in [0, 0.1) is 27.7 Å². The molecule has 4 rings (SSSR count). The van der Waals surface area contributed by atoms with Crippen molar-refractivity contribution >= 4 is 5.97 Å². The molecule has 31 heavy (non-hydrogen) atoms. The number of phenolic OH excluding ortho intramolecular Hbond substituents is 1. The Balaban J connectivity index is 2.12. The Morgan fingerprint density at radius 1 is 1.13 bits per heavy atom. The molecule has 1 aliphatic rings. The number of carbonyl (C=O) groups is 1. The Bertz CT molecular complexity index is 1170. The molecule has 2 heterocycles. The quantitative estimate of drug-likeness (QED) is 0.556. The average Bonchev–Trinajstić information content (AvgIpc) is 3.05. The highest BCUT2D eigenvalue weighted by Gasteiger charge is 2.35. The lowest BCUT2D eigenvalue weighted by Gasteiger charge is -2.29. The van der Waals surface area contributed by atoms with E-state index in [1.54, 1.807) is 7.11 Å². The molecule has 2 aromatic carbocycles. The maximum absolute atomic E-state index is 13.3. The number of fused-ring (bicyclic) bond motifs is 3. The summed E-state index contributed by atoms with van der Waals surface area (Å²) in [7, 11) is 1.70. The van der Waals surface area contributed by atoms with Crippen molar-refractivity contribution in [3.05, 3.63) is 63.8 Å². The second-order valence-electron chi connectivity index (χ2n) is 8.29. The summed E-state index contributed by atoms with van der Waals surface area (Å²) in [5.74, 6) is -0.0688. The van der Waals surface area contributed by atoms with Gasteiger partial charge in [0, 0.05) is 30.4 Å². The van der Waals surface area contributed by atoms with Gasteiger partial charge in [-0.3, -0.25) is 0 Å². The van der Waals surface area contributed by atoms with Crippen molar-refractivity contribution in [1.82, 2.24) is 4.57 Å². The molecule has 5 nitrogen and oxygen atoms in total. The van der Waals surface area contributed by atoms with Crippen LogP contribution in [0.1, 0.15) is 51.5 Å². The summed E-state index contributed by atoms with van der Waals surface area (Å²) in [6.45, 7) is 9.93. The van der Waals surface area contributed by atoms with Gasteiger partial charge in [-0.15, -0.1) is 0 Å². The van der Waals surface area contributed by atoms with E-state index in [-0.39, 0.29) is 17.9 Å². The fraction of sp³-hybridized carbons (Fsp3) is 0.346. The van der Waals surface area contributed by atoms with Gasteiger partial charge in [0.1, 0.15) is 12.0 Å². The van der Waals surface area contributed by atoms with E-state index in [4.69, 9.17) is 9.47 Å². The highest BCUT2D eigenvalue weighted by Crippen LogP contribution is 2.46. The Morgan fingerprint density at radius 2 is 1.81 bits per heavy atom. The zero-order valence-electron chi connectivity index (χ0n) is 19.0. The number of ether oxygens (including phenoxy) is 2. The lowest BCUT2D eigenvalue weighted by molar-refractivity contribution is 0.0419. The van der Waals surface area contributed by atoms with Gasteiger partial charge in [0.25, 0.3) is 0 Å². The Morgan fingerprint density at radius 3 is 2.42 bits per heavy atom. The van der Waals surface area contributed by atoms with Crippen LogP contribution in [-0.4, -0.2) is 29.4 Å². The van der Waals surface area contributed by atoms with Crippen LogP contribution < -0.4 is 0 Å². The predicted octanol–water partition coefficient (Wildman–Crippen LogP) is 5.64. The minimum absolute atomic E-state index is 0.216. The molecular formula is C26H29NO4. The second kappa shape index (κ2) is 7.89. The molecule has 162 valence electrons. The molecule has 5 heteroatoms. The number of esters is 1. The van der Waals surface area contributed by atoms with E-state index in [1.165, 1.54) is 0 Å².